The van der Waals surface area contributed by atoms with Crippen LogP contribution in [0.2, 0.25) is 0 Å². The standard InChI is InChI=1S/C32H48N10O7/c1-32(2,3)49-30(45)24(8-9-25(43)37-13-15-47-17-19-48-18-16-46-14-11-33)40-29(44)21-4-6-22(7-5-21)36-12-10-23-20-38-28-26(39-23)27(34)41-31(35)42-28/h4-7,20,24,36H,8-19,33H2,1-3H3,(H,37,43)(H,40,44)(H4,34,35,38,41,42)/t24-/m1/s1. The van der Waals surface area contributed by atoms with E-state index in [1.54, 1.807) is 51.2 Å². The second-order valence-corrected chi connectivity index (χ2v) is 11.8. The number of carbonyl (C=O) groups excluding carboxylic acids is 3. The summed E-state index contributed by atoms with van der Waals surface area (Å²) >= 11 is 0. The third-order valence-corrected chi connectivity index (χ3v) is 6.59. The molecule has 0 fully saturated rings. The molecule has 2 heterocycles. The SMILES string of the molecule is CC(C)(C)OC(=O)[C@@H](CCC(=O)NCCOCCOCCOCCN)NC(=O)c1ccc(NCCc2cnc3nc(N)nc(N)c3n2)cc1. The van der Waals surface area contributed by atoms with E-state index in [1.807, 2.05) is 0 Å². The highest BCUT2D eigenvalue weighted by Crippen LogP contribution is 2.16. The lowest BCUT2D eigenvalue weighted by Gasteiger charge is -2.24. The zero-order valence-corrected chi connectivity index (χ0v) is 28.3. The van der Waals surface area contributed by atoms with Gasteiger partial charge in [0, 0.05) is 43.7 Å². The minimum Gasteiger partial charge on any atom is -0.458 e. The Morgan fingerprint density at radius 3 is 2.22 bits per heavy atom. The second kappa shape index (κ2) is 20.0. The molecule has 2 amide bonds. The molecule has 0 aliphatic rings. The number of carbonyl (C=O) groups is 3. The van der Waals surface area contributed by atoms with E-state index in [0.29, 0.717) is 81.6 Å². The lowest BCUT2D eigenvalue weighted by atomic mass is 10.1. The zero-order chi connectivity index (χ0) is 35.6. The van der Waals surface area contributed by atoms with Crippen LogP contribution in [0.15, 0.2) is 30.5 Å². The number of nitrogens with two attached hydrogens (primary N) is 3. The van der Waals surface area contributed by atoms with Crippen molar-refractivity contribution in [3.05, 3.63) is 41.7 Å². The molecule has 268 valence electrons. The maximum absolute atomic E-state index is 13.1. The summed E-state index contributed by atoms with van der Waals surface area (Å²) < 4.78 is 21.5. The molecule has 1 aromatic carbocycles. The monoisotopic (exact) mass is 684 g/mol. The van der Waals surface area contributed by atoms with Crippen LogP contribution in [0.25, 0.3) is 11.2 Å². The summed E-state index contributed by atoms with van der Waals surface area (Å²) in [5.74, 6) is -1.19. The molecule has 0 saturated carbocycles. The molecule has 0 bridgehead atoms. The first-order valence-electron chi connectivity index (χ1n) is 16.1. The molecular weight excluding hydrogens is 636 g/mol. The van der Waals surface area contributed by atoms with Crippen molar-refractivity contribution < 1.29 is 33.3 Å². The van der Waals surface area contributed by atoms with E-state index in [2.05, 4.69) is 35.9 Å². The van der Waals surface area contributed by atoms with Crippen LogP contribution in [-0.4, -0.2) is 109 Å². The van der Waals surface area contributed by atoms with Gasteiger partial charge in [0.15, 0.2) is 17.0 Å². The Morgan fingerprint density at radius 1 is 0.878 bits per heavy atom. The molecule has 49 heavy (non-hydrogen) atoms. The van der Waals surface area contributed by atoms with Crippen molar-refractivity contribution >= 4 is 46.4 Å². The summed E-state index contributed by atoms with van der Waals surface area (Å²) in [5, 5.41) is 8.73. The van der Waals surface area contributed by atoms with Gasteiger partial charge in [0.2, 0.25) is 11.9 Å². The van der Waals surface area contributed by atoms with Crippen molar-refractivity contribution in [2.45, 2.75) is 51.7 Å². The van der Waals surface area contributed by atoms with Crippen LogP contribution >= 0.6 is 0 Å². The summed E-state index contributed by atoms with van der Waals surface area (Å²) in [6, 6.07) is 5.73. The average Bonchev–Trinajstić information content (AvgIpc) is 3.05. The fourth-order valence-corrected chi connectivity index (χ4v) is 4.29. The largest absolute Gasteiger partial charge is 0.458 e. The highest BCUT2D eigenvalue weighted by Gasteiger charge is 2.27. The number of anilines is 3. The molecular formula is C32H48N10O7. The number of esters is 1. The molecule has 0 spiro atoms. The molecule has 17 heteroatoms. The van der Waals surface area contributed by atoms with Gasteiger partial charge in [-0.3, -0.25) is 9.59 Å². The predicted molar refractivity (Wildman–Crippen MR) is 183 cm³/mol. The number of aromatic nitrogens is 4. The number of nitrogens with zero attached hydrogens (tertiary/aromatic N) is 4. The van der Waals surface area contributed by atoms with E-state index in [0.717, 1.165) is 5.69 Å². The maximum Gasteiger partial charge on any atom is 0.329 e. The Labute approximate surface area is 285 Å². The Morgan fingerprint density at radius 2 is 1.55 bits per heavy atom. The van der Waals surface area contributed by atoms with E-state index < -0.39 is 23.5 Å². The van der Waals surface area contributed by atoms with Crippen LogP contribution in [-0.2, 0) is 35.0 Å². The number of ether oxygens (including phenoxy) is 4. The third kappa shape index (κ3) is 14.5. The molecule has 0 radical (unpaired) electrons. The second-order valence-electron chi connectivity index (χ2n) is 11.8. The third-order valence-electron chi connectivity index (χ3n) is 6.59. The van der Waals surface area contributed by atoms with E-state index in [-0.39, 0.29) is 37.1 Å². The van der Waals surface area contributed by atoms with Crippen molar-refractivity contribution in [1.29, 1.82) is 0 Å². The first-order valence-corrected chi connectivity index (χ1v) is 16.1. The van der Waals surface area contributed by atoms with Gasteiger partial charge in [0.1, 0.15) is 11.6 Å². The summed E-state index contributed by atoms with van der Waals surface area (Å²) in [7, 11) is 0. The van der Waals surface area contributed by atoms with E-state index in [1.165, 1.54) is 0 Å². The summed E-state index contributed by atoms with van der Waals surface area (Å²) in [4.78, 5) is 55.2. The number of nitrogens with one attached hydrogen (secondary N) is 3. The first-order chi connectivity index (χ1) is 23.4. The van der Waals surface area contributed by atoms with Gasteiger partial charge in [0.05, 0.1) is 51.5 Å². The molecule has 9 N–H and O–H groups in total. The van der Waals surface area contributed by atoms with Crippen molar-refractivity contribution in [2.75, 3.05) is 76.1 Å². The van der Waals surface area contributed by atoms with Gasteiger partial charge in [-0.15, -0.1) is 0 Å². The molecule has 0 aliphatic heterocycles. The van der Waals surface area contributed by atoms with Crippen LogP contribution < -0.4 is 33.2 Å². The zero-order valence-electron chi connectivity index (χ0n) is 28.3. The van der Waals surface area contributed by atoms with E-state index in [9.17, 15) is 14.4 Å². The molecule has 0 saturated heterocycles. The summed E-state index contributed by atoms with van der Waals surface area (Å²) in [6.45, 7) is 8.97. The molecule has 17 nitrogen and oxygen atoms in total. The van der Waals surface area contributed by atoms with Gasteiger partial charge in [-0.25, -0.2) is 14.8 Å². The van der Waals surface area contributed by atoms with Crippen LogP contribution in [0.4, 0.5) is 17.5 Å². The highest BCUT2D eigenvalue weighted by atomic mass is 16.6. The van der Waals surface area contributed by atoms with Gasteiger partial charge in [-0.1, -0.05) is 0 Å². The number of amides is 2. The number of benzene rings is 1. The summed E-state index contributed by atoms with van der Waals surface area (Å²) in [6.07, 6.45) is 2.18. The van der Waals surface area contributed by atoms with Gasteiger partial charge in [-0.05, 0) is 51.5 Å². The minimum absolute atomic E-state index is 0.00574. The molecule has 1 atom stereocenters. The quantitative estimate of drug-likeness (QED) is 0.0663. The van der Waals surface area contributed by atoms with Crippen LogP contribution in [0, 0.1) is 0 Å². The fraction of sp³-hybridized carbons (Fsp3) is 0.531. The fourth-order valence-electron chi connectivity index (χ4n) is 4.29. The van der Waals surface area contributed by atoms with Gasteiger partial charge >= 0.3 is 5.97 Å². The van der Waals surface area contributed by atoms with Crippen molar-refractivity contribution in [1.82, 2.24) is 30.6 Å². The van der Waals surface area contributed by atoms with Gasteiger partial charge in [0.25, 0.3) is 5.91 Å². The number of fused-ring (bicyclic) bond motifs is 1. The number of rotatable bonds is 21. The molecule has 0 unspecified atom stereocenters. The number of hydrogen-bond donors (Lipinski definition) is 6. The van der Waals surface area contributed by atoms with Crippen molar-refractivity contribution in [2.24, 2.45) is 5.73 Å². The van der Waals surface area contributed by atoms with Crippen molar-refractivity contribution in [3.8, 4) is 0 Å². The van der Waals surface area contributed by atoms with E-state index >= 15 is 0 Å². The van der Waals surface area contributed by atoms with E-state index in [4.69, 9.17) is 36.1 Å². The summed E-state index contributed by atoms with van der Waals surface area (Å²) in [5.41, 5.74) is 18.6. The lowest BCUT2D eigenvalue weighted by Crippen LogP contribution is -2.45. The van der Waals surface area contributed by atoms with Crippen molar-refractivity contribution in [3.63, 3.8) is 0 Å². The number of hydrogen-bond acceptors (Lipinski definition) is 15. The number of nitrogen functional groups attached to an aromatic ring is 2. The topological polar surface area (TPSA) is 254 Å². The first kappa shape index (κ1) is 38.7. The van der Waals surface area contributed by atoms with Gasteiger partial charge < -0.3 is 52.1 Å². The smallest absolute Gasteiger partial charge is 0.329 e. The highest BCUT2D eigenvalue weighted by molar-refractivity contribution is 5.97. The normalized spacial score (nSPS) is 12.0. The Bertz CT molecular complexity index is 1500. The Balaban J connectivity index is 1.43. The molecule has 2 aromatic heterocycles. The van der Waals surface area contributed by atoms with Crippen LogP contribution in [0.5, 0.6) is 0 Å². The van der Waals surface area contributed by atoms with Crippen LogP contribution in [0.1, 0.15) is 49.7 Å². The predicted octanol–water partition coefficient (Wildman–Crippen LogP) is 0.584. The van der Waals surface area contributed by atoms with Crippen LogP contribution in [0.3, 0.4) is 0 Å². The lowest BCUT2D eigenvalue weighted by molar-refractivity contribution is -0.157. The Kier molecular flexibility index (Phi) is 15.8. The molecule has 3 aromatic rings. The Hall–Kier alpha value is -4.71. The molecule has 0 aliphatic carbocycles. The maximum atomic E-state index is 13.1. The average molecular weight is 685 g/mol. The minimum atomic E-state index is -1.03. The molecule has 3 rings (SSSR count). The van der Waals surface area contributed by atoms with Gasteiger partial charge in [-0.2, -0.15) is 9.97 Å².